The van der Waals surface area contributed by atoms with Crippen LogP contribution < -0.4 is 5.32 Å². The molecule has 0 amide bonds. The molecule has 2 N–H and O–H groups in total. The van der Waals surface area contributed by atoms with E-state index in [1.54, 1.807) is 0 Å². The van der Waals surface area contributed by atoms with Crippen LogP contribution in [0.5, 0.6) is 0 Å². The van der Waals surface area contributed by atoms with E-state index in [2.05, 4.69) is 50.4 Å². The van der Waals surface area contributed by atoms with Gasteiger partial charge in [0.25, 0.3) is 0 Å². The molecule has 1 aromatic carbocycles. The molecule has 4 fully saturated rings. The third-order valence-electron chi connectivity index (χ3n) is 7.19. The highest BCUT2D eigenvalue weighted by Crippen LogP contribution is 2.62. The van der Waals surface area contributed by atoms with E-state index in [0.717, 1.165) is 37.5 Å². The summed E-state index contributed by atoms with van der Waals surface area (Å²) in [4.78, 5) is 0. The Kier molecular flexibility index (Phi) is 4.04. The Labute approximate surface area is 147 Å². The predicted octanol–water partition coefficient (Wildman–Crippen LogP) is 4.24. The van der Waals surface area contributed by atoms with Gasteiger partial charge in [0, 0.05) is 12.1 Å². The lowest BCUT2D eigenvalue weighted by Gasteiger charge is -2.62. The fraction of sp³-hybridized carbons (Fsp3) is 0.727. The van der Waals surface area contributed by atoms with Crippen LogP contribution in [0.3, 0.4) is 0 Å². The van der Waals surface area contributed by atoms with Crippen molar-refractivity contribution in [1.29, 1.82) is 0 Å². The Morgan fingerprint density at radius 3 is 2.29 bits per heavy atom. The zero-order valence-corrected chi connectivity index (χ0v) is 15.5. The Bertz CT molecular complexity index is 578. The molecule has 0 saturated heterocycles. The Balaban J connectivity index is 1.42. The van der Waals surface area contributed by atoms with Gasteiger partial charge in [0.05, 0.1) is 5.60 Å². The van der Waals surface area contributed by atoms with Crippen LogP contribution in [-0.4, -0.2) is 22.8 Å². The molecule has 2 heteroatoms. The second-order valence-electron chi connectivity index (χ2n) is 9.53. The Morgan fingerprint density at radius 2 is 1.71 bits per heavy atom. The molecule has 0 spiro atoms. The monoisotopic (exact) mass is 327 g/mol. The van der Waals surface area contributed by atoms with Gasteiger partial charge in [-0.15, -0.1) is 0 Å². The van der Waals surface area contributed by atoms with Crippen molar-refractivity contribution in [3.63, 3.8) is 0 Å². The van der Waals surface area contributed by atoms with Gasteiger partial charge in [-0.25, -0.2) is 0 Å². The average Bonchev–Trinajstić information content (AvgIpc) is 2.47. The molecule has 4 atom stereocenters. The van der Waals surface area contributed by atoms with Crippen molar-refractivity contribution in [2.75, 3.05) is 0 Å². The number of nitrogens with one attached hydrogen (secondary N) is 1. The van der Waals surface area contributed by atoms with E-state index in [4.69, 9.17) is 0 Å². The molecule has 4 aliphatic rings. The van der Waals surface area contributed by atoms with Crippen LogP contribution in [0.1, 0.15) is 63.5 Å². The highest BCUT2D eigenvalue weighted by atomic mass is 16.3. The fourth-order valence-corrected chi connectivity index (χ4v) is 6.53. The minimum atomic E-state index is -0.347. The first-order valence-electron chi connectivity index (χ1n) is 9.90. The summed E-state index contributed by atoms with van der Waals surface area (Å²) in [6.45, 7) is 6.83. The number of benzene rings is 1. The largest absolute Gasteiger partial charge is 0.390 e. The topological polar surface area (TPSA) is 32.3 Å². The molecule has 1 aromatic rings. The molecule has 0 aromatic heterocycles. The van der Waals surface area contributed by atoms with Gasteiger partial charge in [-0.3, -0.25) is 0 Å². The van der Waals surface area contributed by atoms with Gasteiger partial charge in [-0.2, -0.15) is 0 Å². The summed E-state index contributed by atoms with van der Waals surface area (Å²) in [6, 6.07) is 9.90. The Hall–Kier alpha value is -0.860. The molecule has 0 radical (unpaired) electrons. The second-order valence-corrected chi connectivity index (χ2v) is 9.53. The molecule has 0 aliphatic heterocycles. The predicted molar refractivity (Wildman–Crippen MR) is 99.0 cm³/mol. The van der Waals surface area contributed by atoms with Crippen LogP contribution >= 0.6 is 0 Å². The maximum Gasteiger partial charge on any atom is 0.0659 e. The zero-order chi connectivity index (χ0) is 16.9. The maximum absolute atomic E-state index is 11.0. The molecular weight excluding hydrogens is 294 g/mol. The third-order valence-corrected chi connectivity index (χ3v) is 7.19. The van der Waals surface area contributed by atoms with Gasteiger partial charge in [0.2, 0.25) is 0 Å². The molecule has 0 heterocycles. The lowest BCUT2D eigenvalue weighted by atomic mass is 9.46. The fourth-order valence-electron chi connectivity index (χ4n) is 6.53. The molecule has 0 unspecified atom stereocenters. The van der Waals surface area contributed by atoms with Crippen LogP contribution in [0.2, 0.25) is 0 Å². The summed E-state index contributed by atoms with van der Waals surface area (Å²) in [7, 11) is 0. The molecule has 5 rings (SSSR count). The normalized spacial score (nSPS) is 39.8. The van der Waals surface area contributed by atoms with E-state index in [0.29, 0.717) is 17.5 Å². The lowest BCUT2D eigenvalue weighted by molar-refractivity contribution is -0.172. The molecular formula is C22H33NO. The number of rotatable bonds is 5. The second kappa shape index (κ2) is 5.85. The zero-order valence-electron chi connectivity index (χ0n) is 15.5. The van der Waals surface area contributed by atoms with E-state index >= 15 is 0 Å². The molecule has 4 bridgehead atoms. The van der Waals surface area contributed by atoms with Gasteiger partial charge in [-0.05, 0) is 88.5 Å². The SMILES string of the molecule is Cc1ccc(C[C@H](C)N[C@@H](C)C23C[C@H]4C[C@@H](CC(O)(C4)C2)C3)cc1. The molecule has 4 aliphatic carbocycles. The third kappa shape index (κ3) is 3.04. The van der Waals surface area contributed by atoms with E-state index in [9.17, 15) is 5.11 Å². The van der Waals surface area contributed by atoms with Crippen LogP contribution in [0.25, 0.3) is 0 Å². The first-order chi connectivity index (χ1) is 11.4. The van der Waals surface area contributed by atoms with Gasteiger partial charge in [0.15, 0.2) is 0 Å². The van der Waals surface area contributed by atoms with Gasteiger partial charge >= 0.3 is 0 Å². The molecule has 4 saturated carbocycles. The van der Waals surface area contributed by atoms with E-state index in [1.165, 1.54) is 30.4 Å². The molecule has 2 nitrogen and oxygen atoms in total. The van der Waals surface area contributed by atoms with Crippen molar-refractivity contribution in [3.05, 3.63) is 35.4 Å². The molecule has 24 heavy (non-hydrogen) atoms. The van der Waals surface area contributed by atoms with Gasteiger partial charge < -0.3 is 10.4 Å². The van der Waals surface area contributed by atoms with Crippen molar-refractivity contribution >= 4 is 0 Å². The summed E-state index contributed by atoms with van der Waals surface area (Å²) in [5.74, 6) is 1.54. The van der Waals surface area contributed by atoms with E-state index in [-0.39, 0.29) is 5.60 Å². The van der Waals surface area contributed by atoms with Crippen LogP contribution in [0, 0.1) is 24.2 Å². The van der Waals surface area contributed by atoms with Crippen molar-refractivity contribution in [2.24, 2.45) is 17.3 Å². The summed E-state index contributed by atoms with van der Waals surface area (Å²) >= 11 is 0. The first-order valence-corrected chi connectivity index (χ1v) is 9.90. The van der Waals surface area contributed by atoms with Crippen LogP contribution in [-0.2, 0) is 6.42 Å². The lowest BCUT2D eigenvalue weighted by Crippen LogP contribution is -2.62. The molecule has 132 valence electrons. The quantitative estimate of drug-likeness (QED) is 0.848. The summed E-state index contributed by atoms with van der Waals surface area (Å²) in [6.07, 6.45) is 8.27. The number of hydrogen-bond acceptors (Lipinski definition) is 2. The minimum absolute atomic E-state index is 0.334. The summed E-state index contributed by atoms with van der Waals surface area (Å²) in [5, 5.41) is 14.9. The van der Waals surface area contributed by atoms with Crippen molar-refractivity contribution in [1.82, 2.24) is 5.32 Å². The summed E-state index contributed by atoms with van der Waals surface area (Å²) < 4.78 is 0. The van der Waals surface area contributed by atoms with Gasteiger partial charge in [-0.1, -0.05) is 29.8 Å². The van der Waals surface area contributed by atoms with E-state index < -0.39 is 0 Å². The Morgan fingerprint density at radius 1 is 1.08 bits per heavy atom. The van der Waals surface area contributed by atoms with Crippen molar-refractivity contribution in [3.8, 4) is 0 Å². The summed E-state index contributed by atoms with van der Waals surface area (Å²) in [5.41, 5.74) is 2.73. The first kappa shape index (κ1) is 16.6. The highest BCUT2D eigenvalue weighted by molar-refractivity contribution is 5.22. The smallest absolute Gasteiger partial charge is 0.0659 e. The number of aliphatic hydroxyl groups is 1. The minimum Gasteiger partial charge on any atom is -0.390 e. The number of hydrogen-bond donors (Lipinski definition) is 2. The van der Waals surface area contributed by atoms with E-state index in [1.807, 2.05) is 0 Å². The standard InChI is InChI=1S/C22H33NO/c1-15-4-6-18(7-5-15)8-16(2)23-17(3)21-10-19-9-20(11-21)13-22(24,12-19)14-21/h4-7,16-17,19-20,23-24H,8-14H2,1-3H3/t16-,17-,19+,20+,21?,22?/m0/s1. The van der Waals surface area contributed by atoms with Crippen molar-refractivity contribution < 1.29 is 5.11 Å². The van der Waals surface area contributed by atoms with Crippen LogP contribution in [0.4, 0.5) is 0 Å². The van der Waals surface area contributed by atoms with Crippen molar-refractivity contribution in [2.45, 2.75) is 83.4 Å². The van der Waals surface area contributed by atoms with Gasteiger partial charge in [0.1, 0.15) is 0 Å². The highest BCUT2D eigenvalue weighted by Gasteiger charge is 2.58. The average molecular weight is 328 g/mol. The maximum atomic E-state index is 11.0. The van der Waals surface area contributed by atoms with Crippen LogP contribution in [0.15, 0.2) is 24.3 Å². The number of aryl methyl sites for hydroxylation is 1.